The van der Waals surface area contributed by atoms with Crippen molar-refractivity contribution in [2.75, 3.05) is 5.73 Å². The summed E-state index contributed by atoms with van der Waals surface area (Å²) < 4.78 is 1.35. The molecule has 0 fully saturated rings. The molecule has 0 aliphatic carbocycles. The van der Waals surface area contributed by atoms with E-state index in [0.717, 1.165) is 16.3 Å². The Hall–Kier alpha value is -2.82. The molecule has 0 amide bonds. The summed E-state index contributed by atoms with van der Waals surface area (Å²) in [5, 5.41) is 2.16. The molecule has 3 N–H and O–H groups in total. The highest BCUT2D eigenvalue weighted by Gasteiger charge is 2.06. The second-order valence-corrected chi connectivity index (χ2v) is 4.59. The van der Waals surface area contributed by atoms with Gasteiger partial charge in [-0.2, -0.15) is 0 Å². The molecule has 0 aliphatic rings. The molecule has 0 aliphatic heterocycles. The molecule has 0 atom stereocenters. The number of anilines is 1. The Morgan fingerprint density at radius 3 is 2.60 bits per heavy atom. The van der Waals surface area contributed by atoms with Gasteiger partial charge in [-0.05, 0) is 16.3 Å². The number of aromatic nitrogens is 2. The van der Waals surface area contributed by atoms with Crippen LogP contribution in [0.3, 0.4) is 0 Å². The summed E-state index contributed by atoms with van der Waals surface area (Å²) in [7, 11) is 0. The summed E-state index contributed by atoms with van der Waals surface area (Å²) in [4.78, 5) is 25.2. The molecule has 0 saturated heterocycles. The number of hydrogen-bond acceptors (Lipinski definition) is 3. The van der Waals surface area contributed by atoms with Crippen molar-refractivity contribution < 1.29 is 0 Å². The van der Waals surface area contributed by atoms with Crippen LogP contribution in [0.4, 0.5) is 5.82 Å². The average Bonchev–Trinajstić information content (AvgIpc) is 2.43. The van der Waals surface area contributed by atoms with Crippen molar-refractivity contribution in [1.82, 2.24) is 9.55 Å². The monoisotopic (exact) mass is 267 g/mol. The zero-order chi connectivity index (χ0) is 14.1. The number of nitrogens with zero attached hydrogens (tertiary/aromatic N) is 1. The maximum atomic E-state index is 11.8. The third-order valence-corrected chi connectivity index (χ3v) is 3.27. The van der Waals surface area contributed by atoms with Crippen LogP contribution >= 0.6 is 0 Å². The van der Waals surface area contributed by atoms with Gasteiger partial charge < -0.3 is 5.73 Å². The fourth-order valence-electron chi connectivity index (χ4n) is 2.30. The highest BCUT2D eigenvalue weighted by Crippen LogP contribution is 2.19. The van der Waals surface area contributed by atoms with E-state index in [1.807, 2.05) is 42.5 Å². The summed E-state index contributed by atoms with van der Waals surface area (Å²) in [6.07, 6.45) is 0. The molecular weight excluding hydrogens is 254 g/mol. The van der Waals surface area contributed by atoms with Crippen molar-refractivity contribution in [2.45, 2.75) is 6.54 Å². The topological polar surface area (TPSA) is 80.9 Å². The van der Waals surface area contributed by atoms with E-state index in [4.69, 9.17) is 5.73 Å². The normalized spacial score (nSPS) is 10.8. The number of rotatable bonds is 2. The first-order valence-corrected chi connectivity index (χ1v) is 6.21. The molecule has 2 aromatic carbocycles. The van der Waals surface area contributed by atoms with Crippen LogP contribution in [-0.4, -0.2) is 9.55 Å². The number of nitrogen functional groups attached to an aromatic ring is 1. The molecule has 0 saturated carbocycles. The average molecular weight is 267 g/mol. The van der Waals surface area contributed by atoms with E-state index in [9.17, 15) is 9.59 Å². The number of H-pyrrole nitrogens is 1. The predicted molar refractivity (Wildman–Crippen MR) is 78.8 cm³/mol. The van der Waals surface area contributed by atoms with Crippen molar-refractivity contribution in [3.05, 3.63) is 74.9 Å². The zero-order valence-corrected chi connectivity index (χ0v) is 10.7. The first-order chi connectivity index (χ1) is 9.65. The second kappa shape index (κ2) is 4.70. The van der Waals surface area contributed by atoms with E-state index in [1.54, 1.807) is 0 Å². The van der Waals surface area contributed by atoms with E-state index in [2.05, 4.69) is 4.98 Å². The summed E-state index contributed by atoms with van der Waals surface area (Å²) in [5.74, 6) is 0.159. The van der Waals surface area contributed by atoms with Crippen LogP contribution in [0.25, 0.3) is 10.8 Å². The molecule has 0 unspecified atom stereocenters. The van der Waals surface area contributed by atoms with Crippen LogP contribution < -0.4 is 17.0 Å². The van der Waals surface area contributed by atoms with Crippen LogP contribution in [0.1, 0.15) is 5.56 Å². The Morgan fingerprint density at radius 2 is 1.80 bits per heavy atom. The van der Waals surface area contributed by atoms with Gasteiger partial charge >= 0.3 is 5.69 Å². The summed E-state index contributed by atoms with van der Waals surface area (Å²) in [5.41, 5.74) is 5.75. The van der Waals surface area contributed by atoms with Gasteiger partial charge in [0.15, 0.2) is 0 Å². The minimum Gasteiger partial charge on any atom is -0.385 e. The predicted octanol–water partition coefficient (Wildman–Crippen LogP) is 1.32. The Balaban J connectivity index is 2.15. The fraction of sp³-hybridized carbons (Fsp3) is 0.0667. The van der Waals surface area contributed by atoms with Gasteiger partial charge in [-0.25, -0.2) is 4.79 Å². The Morgan fingerprint density at radius 1 is 1.05 bits per heavy atom. The van der Waals surface area contributed by atoms with Crippen molar-refractivity contribution >= 4 is 16.6 Å². The molecular formula is C15H13N3O2. The molecule has 3 rings (SSSR count). The molecule has 20 heavy (non-hydrogen) atoms. The van der Waals surface area contributed by atoms with Crippen molar-refractivity contribution in [3.8, 4) is 0 Å². The lowest BCUT2D eigenvalue weighted by Gasteiger charge is -2.10. The summed E-state index contributed by atoms with van der Waals surface area (Å²) in [6.45, 7) is 0.322. The number of hydrogen-bond donors (Lipinski definition) is 2. The standard InChI is InChI=1S/C15H13N3O2/c16-13-8-14(19)17-15(20)18(13)9-11-6-3-5-10-4-1-2-7-12(10)11/h1-8H,9,16H2,(H,17,19,20). The Kier molecular flexibility index (Phi) is 2.87. The molecule has 0 radical (unpaired) electrons. The third-order valence-electron chi connectivity index (χ3n) is 3.27. The van der Waals surface area contributed by atoms with Gasteiger partial charge in [0.1, 0.15) is 5.82 Å². The number of fused-ring (bicyclic) bond motifs is 1. The Bertz CT molecular complexity index is 888. The van der Waals surface area contributed by atoms with E-state index in [1.165, 1.54) is 10.6 Å². The summed E-state index contributed by atoms with van der Waals surface area (Å²) >= 11 is 0. The van der Waals surface area contributed by atoms with E-state index >= 15 is 0 Å². The third kappa shape index (κ3) is 2.09. The van der Waals surface area contributed by atoms with Gasteiger partial charge in [0.05, 0.1) is 6.54 Å². The minimum atomic E-state index is -0.497. The van der Waals surface area contributed by atoms with Crippen LogP contribution in [0.2, 0.25) is 0 Å². The highest BCUT2D eigenvalue weighted by molar-refractivity contribution is 5.85. The smallest absolute Gasteiger partial charge is 0.330 e. The van der Waals surface area contributed by atoms with Crippen LogP contribution in [0.15, 0.2) is 58.1 Å². The lowest BCUT2D eigenvalue weighted by Crippen LogP contribution is -2.31. The zero-order valence-electron chi connectivity index (χ0n) is 10.7. The maximum Gasteiger partial charge on any atom is 0.330 e. The number of aromatic amines is 1. The number of benzene rings is 2. The van der Waals surface area contributed by atoms with Gasteiger partial charge in [-0.3, -0.25) is 14.3 Å². The van der Waals surface area contributed by atoms with Crippen LogP contribution in [0.5, 0.6) is 0 Å². The minimum absolute atomic E-state index is 0.159. The molecule has 5 heteroatoms. The van der Waals surface area contributed by atoms with Crippen molar-refractivity contribution in [2.24, 2.45) is 0 Å². The van der Waals surface area contributed by atoms with Gasteiger partial charge in [-0.15, -0.1) is 0 Å². The molecule has 5 nitrogen and oxygen atoms in total. The molecule has 100 valence electrons. The van der Waals surface area contributed by atoms with E-state index in [0.29, 0.717) is 6.54 Å². The van der Waals surface area contributed by atoms with Crippen LogP contribution in [0, 0.1) is 0 Å². The lowest BCUT2D eigenvalue weighted by molar-refractivity contribution is 0.736. The van der Waals surface area contributed by atoms with Crippen LogP contribution in [-0.2, 0) is 6.54 Å². The highest BCUT2D eigenvalue weighted by atomic mass is 16.2. The fourth-order valence-corrected chi connectivity index (χ4v) is 2.30. The molecule has 3 aromatic rings. The van der Waals surface area contributed by atoms with E-state index in [-0.39, 0.29) is 5.82 Å². The first kappa shape index (κ1) is 12.2. The largest absolute Gasteiger partial charge is 0.385 e. The molecule has 1 heterocycles. The first-order valence-electron chi connectivity index (χ1n) is 6.21. The molecule has 0 spiro atoms. The molecule has 0 bridgehead atoms. The summed E-state index contributed by atoms with van der Waals surface area (Å²) in [6, 6.07) is 15.0. The molecule has 1 aromatic heterocycles. The van der Waals surface area contributed by atoms with Gasteiger partial charge in [0, 0.05) is 6.07 Å². The quantitative estimate of drug-likeness (QED) is 0.734. The van der Waals surface area contributed by atoms with Crippen molar-refractivity contribution in [3.63, 3.8) is 0 Å². The van der Waals surface area contributed by atoms with Gasteiger partial charge in [0.25, 0.3) is 5.56 Å². The van der Waals surface area contributed by atoms with Gasteiger partial charge in [0.2, 0.25) is 0 Å². The lowest BCUT2D eigenvalue weighted by atomic mass is 10.0. The second-order valence-electron chi connectivity index (χ2n) is 4.59. The van der Waals surface area contributed by atoms with E-state index < -0.39 is 11.2 Å². The Labute approximate surface area is 114 Å². The van der Waals surface area contributed by atoms with Crippen molar-refractivity contribution in [1.29, 1.82) is 0 Å². The van der Waals surface area contributed by atoms with Gasteiger partial charge in [-0.1, -0.05) is 42.5 Å². The maximum absolute atomic E-state index is 11.8. The number of nitrogens with one attached hydrogen (secondary N) is 1. The number of nitrogens with two attached hydrogens (primary N) is 1. The SMILES string of the molecule is Nc1cc(=O)[nH]c(=O)n1Cc1cccc2ccccc12.